The Morgan fingerprint density at radius 3 is 2.67 bits per heavy atom. The average Bonchev–Trinajstić information content (AvgIpc) is 1.85. The summed E-state index contributed by atoms with van der Waals surface area (Å²) in [6, 6.07) is 0. The van der Waals surface area contributed by atoms with Crippen LogP contribution in [0.4, 0.5) is 0 Å². The third-order valence-electron chi connectivity index (χ3n) is 1.04. The van der Waals surface area contributed by atoms with Crippen molar-refractivity contribution in [1.29, 1.82) is 0 Å². The minimum atomic E-state index is 0.634. The summed E-state index contributed by atoms with van der Waals surface area (Å²) in [5.41, 5.74) is 6.55. The third-order valence-corrected chi connectivity index (χ3v) is 1.04. The molecule has 0 radical (unpaired) electrons. The highest BCUT2D eigenvalue weighted by Crippen LogP contribution is 1.95. The summed E-state index contributed by atoms with van der Waals surface area (Å²) in [7, 11) is 0. The SMILES string of the molecule is CCC=C(C)C=CCN. The van der Waals surface area contributed by atoms with E-state index in [1.54, 1.807) is 0 Å². The summed E-state index contributed by atoms with van der Waals surface area (Å²) in [6.07, 6.45) is 7.28. The fourth-order valence-electron chi connectivity index (χ4n) is 0.644. The zero-order chi connectivity index (χ0) is 7.11. The van der Waals surface area contributed by atoms with Crippen LogP contribution >= 0.6 is 0 Å². The van der Waals surface area contributed by atoms with Gasteiger partial charge < -0.3 is 5.73 Å². The fourth-order valence-corrected chi connectivity index (χ4v) is 0.644. The van der Waals surface area contributed by atoms with Crippen molar-refractivity contribution in [1.82, 2.24) is 0 Å². The Morgan fingerprint density at radius 1 is 1.56 bits per heavy atom. The van der Waals surface area contributed by atoms with Crippen LogP contribution in [0, 0.1) is 0 Å². The first kappa shape index (κ1) is 8.44. The molecule has 0 amide bonds. The Morgan fingerprint density at radius 2 is 2.22 bits per heavy atom. The van der Waals surface area contributed by atoms with Crippen LogP contribution in [-0.4, -0.2) is 6.54 Å². The molecular formula is C8H15N. The van der Waals surface area contributed by atoms with Crippen LogP contribution in [0.25, 0.3) is 0 Å². The van der Waals surface area contributed by atoms with Crippen molar-refractivity contribution in [2.45, 2.75) is 20.3 Å². The van der Waals surface area contributed by atoms with Gasteiger partial charge in [0.2, 0.25) is 0 Å². The van der Waals surface area contributed by atoms with Crippen LogP contribution in [0.2, 0.25) is 0 Å². The summed E-state index contributed by atoms with van der Waals surface area (Å²) in [5.74, 6) is 0. The lowest BCUT2D eigenvalue weighted by molar-refractivity contribution is 1.19. The predicted molar refractivity (Wildman–Crippen MR) is 42.2 cm³/mol. The summed E-state index contributed by atoms with van der Waals surface area (Å²) in [6.45, 7) is 4.84. The molecule has 0 aliphatic carbocycles. The third kappa shape index (κ3) is 5.31. The first-order valence-corrected chi connectivity index (χ1v) is 3.34. The van der Waals surface area contributed by atoms with Gasteiger partial charge in [-0.25, -0.2) is 0 Å². The van der Waals surface area contributed by atoms with Crippen molar-refractivity contribution in [3.63, 3.8) is 0 Å². The van der Waals surface area contributed by atoms with E-state index in [4.69, 9.17) is 5.73 Å². The zero-order valence-corrected chi connectivity index (χ0v) is 6.22. The lowest BCUT2D eigenvalue weighted by Crippen LogP contribution is -1.92. The average molecular weight is 125 g/mol. The molecule has 1 nitrogen and oxygen atoms in total. The van der Waals surface area contributed by atoms with E-state index in [9.17, 15) is 0 Å². The minimum absolute atomic E-state index is 0.634. The second-order valence-electron chi connectivity index (χ2n) is 1.99. The maximum Gasteiger partial charge on any atom is 0.0110 e. The van der Waals surface area contributed by atoms with Crippen LogP contribution in [0.5, 0.6) is 0 Å². The molecule has 0 rings (SSSR count). The lowest BCUT2D eigenvalue weighted by Gasteiger charge is -1.87. The van der Waals surface area contributed by atoms with Gasteiger partial charge >= 0.3 is 0 Å². The molecule has 0 aromatic carbocycles. The summed E-state index contributed by atoms with van der Waals surface area (Å²) in [4.78, 5) is 0. The lowest BCUT2D eigenvalue weighted by atomic mass is 10.2. The molecule has 0 aromatic heterocycles. The number of allylic oxidation sites excluding steroid dienone is 3. The van der Waals surface area contributed by atoms with Crippen LogP contribution in [0.15, 0.2) is 23.8 Å². The molecule has 0 bridgehead atoms. The topological polar surface area (TPSA) is 26.0 Å². The molecular weight excluding hydrogens is 110 g/mol. The quantitative estimate of drug-likeness (QED) is 0.572. The molecule has 0 aliphatic heterocycles. The number of nitrogens with two attached hydrogens (primary N) is 1. The highest BCUT2D eigenvalue weighted by molar-refractivity contribution is 5.15. The first-order chi connectivity index (χ1) is 4.31. The van der Waals surface area contributed by atoms with E-state index in [1.165, 1.54) is 5.57 Å². The largest absolute Gasteiger partial charge is 0.327 e. The Kier molecular flexibility index (Phi) is 5.23. The van der Waals surface area contributed by atoms with Gasteiger partial charge in [-0.05, 0) is 13.3 Å². The van der Waals surface area contributed by atoms with Gasteiger partial charge in [-0.3, -0.25) is 0 Å². The number of hydrogen-bond acceptors (Lipinski definition) is 1. The van der Waals surface area contributed by atoms with Gasteiger partial charge in [0, 0.05) is 6.54 Å². The summed E-state index contributed by atoms with van der Waals surface area (Å²) < 4.78 is 0. The molecule has 0 saturated heterocycles. The Hall–Kier alpha value is -0.560. The highest BCUT2D eigenvalue weighted by Gasteiger charge is 1.75. The fraction of sp³-hybridized carbons (Fsp3) is 0.500. The van der Waals surface area contributed by atoms with E-state index in [0.29, 0.717) is 6.54 Å². The van der Waals surface area contributed by atoms with E-state index < -0.39 is 0 Å². The second-order valence-corrected chi connectivity index (χ2v) is 1.99. The maximum atomic E-state index is 5.26. The maximum absolute atomic E-state index is 5.26. The Labute approximate surface area is 57.3 Å². The normalized spacial score (nSPS) is 13.0. The second kappa shape index (κ2) is 5.57. The Balaban J connectivity index is 3.60. The molecule has 9 heavy (non-hydrogen) atoms. The monoisotopic (exact) mass is 125 g/mol. The molecule has 0 heterocycles. The van der Waals surface area contributed by atoms with E-state index in [0.717, 1.165) is 6.42 Å². The van der Waals surface area contributed by atoms with E-state index >= 15 is 0 Å². The highest BCUT2D eigenvalue weighted by atomic mass is 14.5. The van der Waals surface area contributed by atoms with Crippen LogP contribution in [0.3, 0.4) is 0 Å². The van der Waals surface area contributed by atoms with Gasteiger partial charge in [0.15, 0.2) is 0 Å². The van der Waals surface area contributed by atoms with E-state index in [1.807, 2.05) is 12.2 Å². The molecule has 0 fully saturated rings. The first-order valence-electron chi connectivity index (χ1n) is 3.34. The predicted octanol–water partition coefficient (Wildman–Crippen LogP) is 1.86. The standard InChI is InChI=1S/C8H15N/c1-3-5-8(2)6-4-7-9/h4-6H,3,7,9H2,1-2H3. The van der Waals surface area contributed by atoms with Crippen LogP contribution in [-0.2, 0) is 0 Å². The van der Waals surface area contributed by atoms with Crippen LogP contribution in [0.1, 0.15) is 20.3 Å². The van der Waals surface area contributed by atoms with Gasteiger partial charge in [-0.1, -0.05) is 30.7 Å². The summed E-state index contributed by atoms with van der Waals surface area (Å²) >= 11 is 0. The van der Waals surface area contributed by atoms with Crippen molar-refractivity contribution in [3.05, 3.63) is 23.8 Å². The number of rotatable bonds is 3. The van der Waals surface area contributed by atoms with E-state index in [-0.39, 0.29) is 0 Å². The molecule has 0 aromatic rings. The van der Waals surface area contributed by atoms with Gasteiger partial charge in [0.05, 0.1) is 0 Å². The Bertz CT molecular complexity index is 112. The van der Waals surface area contributed by atoms with Crippen molar-refractivity contribution >= 4 is 0 Å². The van der Waals surface area contributed by atoms with Gasteiger partial charge in [0.25, 0.3) is 0 Å². The van der Waals surface area contributed by atoms with Crippen molar-refractivity contribution < 1.29 is 0 Å². The molecule has 0 saturated carbocycles. The molecule has 0 unspecified atom stereocenters. The van der Waals surface area contributed by atoms with Gasteiger partial charge in [-0.15, -0.1) is 0 Å². The van der Waals surface area contributed by atoms with Crippen LogP contribution < -0.4 is 5.73 Å². The molecule has 0 aliphatic rings. The molecule has 0 spiro atoms. The van der Waals surface area contributed by atoms with Crippen molar-refractivity contribution in [2.75, 3.05) is 6.54 Å². The smallest absolute Gasteiger partial charge is 0.0110 e. The molecule has 0 atom stereocenters. The van der Waals surface area contributed by atoms with E-state index in [2.05, 4.69) is 19.9 Å². The molecule has 2 N–H and O–H groups in total. The summed E-state index contributed by atoms with van der Waals surface area (Å²) in [5, 5.41) is 0. The zero-order valence-electron chi connectivity index (χ0n) is 6.22. The molecule has 52 valence electrons. The van der Waals surface area contributed by atoms with Crippen molar-refractivity contribution in [2.24, 2.45) is 5.73 Å². The minimum Gasteiger partial charge on any atom is -0.327 e. The van der Waals surface area contributed by atoms with Gasteiger partial charge in [-0.2, -0.15) is 0 Å². The van der Waals surface area contributed by atoms with Crippen molar-refractivity contribution in [3.8, 4) is 0 Å². The van der Waals surface area contributed by atoms with Gasteiger partial charge in [0.1, 0.15) is 0 Å². The number of hydrogen-bond donors (Lipinski definition) is 1. The molecule has 1 heteroatoms.